The fourth-order valence-corrected chi connectivity index (χ4v) is 2.95. The molecular formula is C11H16N4OS. The van der Waals surface area contributed by atoms with E-state index in [0.717, 1.165) is 31.2 Å². The molecule has 1 aliphatic rings. The molecule has 0 unspecified atom stereocenters. The van der Waals surface area contributed by atoms with Crippen molar-refractivity contribution in [1.82, 2.24) is 4.90 Å². The number of nitrogen functional groups attached to an aromatic ring is 1. The lowest BCUT2D eigenvalue weighted by molar-refractivity contribution is 0.312. The molecule has 0 aromatic carbocycles. The van der Waals surface area contributed by atoms with Crippen molar-refractivity contribution in [2.45, 2.75) is 0 Å². The van der Waals surface area contributed by atoms with Crippen LogP contribution in [0.4, 0.5) is 10.7 Å². The average Bonchev–Trinajstić information content (AvgIpc) is 2.66. The molecule has 1 aliphatic heterocycles. The predicted molar refractivity (Wildman–Crippen MR) is 69.7 cm³/mol. The van der Waals surface area contributed by atoms with Crippen LogP contribution >= 0.6 is 11.3 Å². The van der Waals surface area contributed by atoms with E-state index in [1.54, 1.807) is 7.11 Å². The van der Waals surface area contributed by atoms with Gasteiger partial charge in [-0.3, -0.25) is 0 Å². The van der Waals surface area contributed by atoms with Gasteiger partial charge in [0.25, 0.3) is 0 Å². The largest absolute Gasteiger partial charge is 0.492 e. The molecule has 17 heavy (non-hydrogen) atoms. The van der Waals surface area contributed by atoms with Crippen molar-refractivity contribution in [2.24, 2.45) is 0 Å². The molecule has 1 fully saturated rings. The van der Waals surface area contributed by atoms with Crippen LogP contribution in [0, 0.1) is 11.3 Å². The highest BCUT2D eigenvalue weighted by Crippen LogP contribution is 2.44. The Morgan fingerprint density at radius 1 is 1.35 bits per heavy atom. The fourth-order valence-electron chi connectivity index (χ4n) is 1.91. The topological polar surface area (TPSA) is 65.5 Å². The van der Waals surface area contributed by atoms with Crippen molar-refractivity contribution in [3.05, 3.63) is 4.88 Å². The highest BCUT2D eigenvalue weighted by molar-refractivity contribution is 7.17. The second-order valence-corrected chi connectivity index (χ2v) is 5.08. The van der Waals surface area contributed by atoms with Gasteiger partial charge in [0.1, 0.15) is 21.6 Å². The van der Waals surface area contributed by atoms with Crippen LogP contribution in [-0.4, -0.2) is 45.2 Å². The predicted octanol–water partition coefficient (Wildman–Crippen LogP) is 0.962. The van der Waals surface area contributed by atoms with Gasteiger partial charge in [-0.25, -0.2) is 0 Å². The van der Waals surface area contributed by atoms with Gasteiger partial charge in [-0.15, -0.1) is 11.3 Å². The Morgan fingerprint density at radius 2 is 2.00 bits per heavy atom. The summed E-state index contributed by atoms with van der Waals surface area (Å²) >= 11 is 1.41. The zero-order chi connectivity index (χ0) is 12.4. The zero-order valence-electron chi connectivity index (χ0n) is 10.1. The van der Waals surface area contributed by atoms with E-state index in [-0.39, 0.29) is 0 Å². The normalized spacial score (nSPS) is 16.9. The number of nitrogens with zero attached hydrogens (tertiary/aromatic N) is 3. The van der Waals surface area contributed by atoms with Gasteiger partial charge >= 0.3 is 0 Å². The monoisotopic (exact) mass is 252 g/mol. The van der Waals surface area contributed by atoms with E-state index < -0.39 is 0 Å². The first kappa shape index (κ1) is 12.0. The molecule has 0 aliphatic carbocycles. The van der Waals surface area contributed by atoms with Crippen molar-refractivity contribution < 1.29 is 4.74 Å². The number of hydrogen-bond acceptors (Lipinski definition) is 6. The Balaban J connectivity index is 2.29. The summed E-state index contributed by atoms with van der Waals surface area (Å²) < 4.78 is 5.32. The molecule has 92 valence electrons. The van der Waals surface area contributed by atoms with E-state index in [0.29, 0.717) is 16.3 Å². The third kappa shape index (κ3) is 2.16. The van der Waals surface area contributed by atoms with Crippen LogP contribution in [0.15, 0.2) is 0 Å². The molecule has 1 aromatic rings. The number of piperazine rings is 1. The van der Waals surface area contributed by atoms with Gasteiger partial charge in [0.15, 0.2) is 5.75 Å². The van der Waals surface area contributed by atoms with E-state index >= 15 is 0 Å². The van der Waals surface area contributed by atoms with Gasteiger partial charge in [0, 0.05) is 26.2 Å². The molecular weight excluding hydrogens is 236 g/mol. The lowest BCUT2D eigenvalue weighted by Crippen LogP contribution is -2.44. The maximum Gasteiger partial charge on any atom is 0.177 e. The van der Waals surface area contributed by atoms with Crippen LogP contribution < -0.4 is 15.4 Å². The average molecular weight is 252 g/mol. The molecule has 0 bridgehead atoms. The number of nitrogens with two attached hydrogens (primary N) is 1. The van der Waals surface area contributed by atoms with Crippen molar-refractivity contribution in [1.29, 1.82) is 5.26 Å². The van der Waals surface area contributed by atoms with E-state index in [4.69, 9.17) is 15.7 Å². The Labute approximate surface area is 105 Å². The third-order valence-electron chi connectivity index (χ3n) is 2.98. The van der Waals surface area contributed by atoms with Crippen molar-refractivity contribution in [3.63, 3.8) is 0 Å². The summed E-state index contributed by atoms with van der Waals surface area (Å²) in [7, 11) is 3.71. The maximum atomic E-state index is 8.99. The molecule has 1 aromatic heterocycles. The number of likely N-dealkylation sites (N-methyl/N-ethyl adjacent to an activating group) is 1. The summed E-state index contributed by atoms with van der Waals surface area (Å²) in [5, 5.41) is 9.97. The number of nitriles is 1. The second kappa shape index (κ2) is 4.82. The second-order valence-electron chi connectivity index (χ2n) is 4.09. The number of hydrogen-bond donors (Lipinski definition) is 1. The number of thiophene rings is 1. The quantitative estimate of drug-likeness (QED) is 0.849. The molecule has 2 rings (SSSR count). The Bertz CT molecular complexity index is 443. The minimum atomic E-state index is 0.467. The molecule has 1 saturated heterocycles. The van der Waals surface area contributed by atoms with Crippen LogP contribution in [0.2, 0.25) is 0 Å². The zero-order valence-corrected chi connectivity index (χ0v) is 10.9. The molecule has 2 N–H and O–H groups in total. The van der Waals surface area contributed by atoms with E-state index in [2.05, 4.69) is 22.9 Å². The maximum absolute atomic E-state index is 8.99. The summed E-state index contributed by atoms with van der Waals surface area (Å²) in [6.07, 6.45) is 0. The van der Waals surface area contributed by atoms with Crippen LogP contribution in [0.1, 0.15) is 4.88 Å². The fraction of sp³-hybridized carbons (Fsp3) is 0.545. The van der Waals surface area contributed by atoms with E-state index in [1.165, 1.54) is 11.3 Å². The van der Waals surface area contributed by atoms with Crippen LogP contribution in [0.3, 0.4) is 0 Å². The van der Waals surface area contributed by atoms with Gasteiger partial charge in [0.2, 0.25) is 0 Å². The van der Waals surface area contributed by atoms with Crippen molar-refractivity contribution in [2.75, 3.05) is 51.0 Å². The minimum absolute atomic E-state index is 0.467. The smallest absolute Gasteiger partial charge is 0.177 e. The third-order valence-corrected chi connectivity index (χ3v) is 4.13. The van der Waals surface area contributed by atoms with E-state index in [1.807, 2.05) is 0 Å². The first-order chi connectivity index (χ1) is 8.17. The van der Waals surface area contributed by atoms with Crippen LogP contribution in [0.25, 0.3) is 0 Å². The lowest BCUT2D eigenvalue weighted by Gasteiger charge is -2.33. The molecule has 5 nitrogen and oxygen atoms in total. The summed E-state index contributed by atoms with van der Waals surface area (Å²) in [6, 6.07) is 2.11. The molecule has 0 atom stereocenters. The molecule has 0 radical (unpaired) electrons. The highest BCUT2D eigenvalue weighted by Gasteiger charge is 2.23. The number of methoxy groups -OCH3 is 1. The lowest BCUT2D eigenvalue weighted by atomic mass is 10.3. The SMILES string of the molecule is COc1c(N2CCN(C)CC2)sc(C#N)c1N. The number of ether oxygens (including phenoxy) is 1. The van der Waals surface area contributed by atoms with Crippen LogP contribution in [0.5, 0.6) is 5.75 Å². The molecule has 0 saturated carbocycles. The first-order valence-corrected chi connectivity index (χ1v) is 6.29. The van der Waals surface area contributed by atoms with Crippen LogP contribution in [-0.2, 0) is 0 Å². The van der Waals surface area contributed by atoms with Crippen molar-refractivity contribution in [3.8, 4) is 11.8 Å². The number of rotatable bonds is 2. The van der Waals surface area contributed by atoms with Gasteiger partial charge in [-0.05, 0) is 7.05 Å². The summed E-state index contributed by atoms with van der Waals surface area (Å²) in [6.45, 7) is 3.92. The molecule has 0 amide bonds. The first-order valence-electron chi connectivity index (χ1n) is 5.47. The Kier molecular flexibility index (Phi) is 3.41. The van der Waals surface area contributed by atoms with Gasteiger partial charge in [-0.2, -0.15) is 5.26 Å². The van der Waals surface area contributed by atoms with Gasteiger partial charge < -0.3 is 20.3 Å². The summed E-state index contributed by atoms with van der Waals surface area (Å²) in [5.74, 6) is 0.649. The highest BCUT2D eigenvalue weighted by atomic mass is 32.1. The van der Waals surface area contributed by atoms with Crippen molar-refractivity contribution >= 4 is 22.0 Å². The molecule has 6 heteroatoms. The molecule has 2 heterocycles. The summed E-state index contributed by atoms with van der Waals surface area (Å²) in [4.78, 5) is 5.06. The van der Waals surface area contributed by atoms with E-state index in [9.17, 15) is 0 Å². The van der Waals surface area contributed by atoms with Gasteiger partial charge in [-0.1, -0.05) is 0 Å². The summed E-state index contributed by atoms with van der Waals surface area (Å²) in [5.41, 5.74) is 6.35. The van der Waals surface area contributed by atoms with Gasteiger partial charge in [0.05, 0.1) is 7.11 Å². The Morgan fingerprint density at radius 3 is 2.53 bits per heavy atom. The number of anilines is 2. The Hall–Kier alpha value is -1.45. The minimum Gasteiger partial charge on any atom is -0.492 e. The molecule has 0 spiro atoms. The standard InChI is InChI=1S/C11H16N4OS/c1-14-3-5-15(6-4-14)11-10(16-2)9(13)8(7-12)17-11/h3-6,13H2,1-2H3.